The second kappa shape index (κ2) is 9.21. The topological polar surface area (TPSA) is 33.6 Å². The number of benzene rings is 4. The van der Waals surface area contributed by atoms with Crippen LogP contribution in [0, 0.1) is 17.1 Å². The Morgan fingerprint density at radius 3 is 2.46 bits per heavy atom. The molecule has 8 rings (SSSR count). The smallest absolute Gasteiger partial charge is 0.125 e. The fourth-order valence-electron chi connectivity index (χ4n) is 6.91. The van der Waals surface area contributed by atoms with Crippen molar-refractivity contribution in [3.63, 3.8) is 0 Å². The van der Waals surface area contributed by atoms with E-state index in [2.05, 4.69) is 88.1 Å². The Balaban J connectivity index is 1.53. The third-order valence-electron chi connectivity index (χ3n) is 8.59. The molecule has 0 bridgehead atoms. The Labute approximate surface area is 237 Å². The molecule has 41 heavy (non-hydrogen) atoms. The summed E-state index contributed by atoms with van der Waals surface area (Å²) in [6, 6.07) is 28.5. The summed E-state index contributed by atoms with van der Waals surface area (Å²) in [5.41, 5.74) is 9.30. The highest BCUT2D eigenvalue weighted by Gasteiger charge is 2.25. The number of rotatable bonds is 3. The Morgan fingerprint density at radius 1 is 0.805 bits per heavy atom. The van der Waals surface area contributed by atoms with Crippen molar-refractivity contribution in [2.75, 3.05) is 0 Å². The van der Waals surface area contributed by atoms with Crippen molar-refractivity contribution in [2.45, 2.75) is 25.3 Å². The van der Waals surface area contributed by atoms with E-state index in [1.165, 1.54) is 16.6 Å². The van der Waals surface area contributed by atoms with E-state index in [-0.39, 0.29) is 11.9 Å². The molecule has 0 aliphatic heterocycles. The number of fused-ring (bicyclic) bond motifs is 6. The lowest BCUT2D eigenvalue weighted by Gasteiger charge is -2.21. The van der Waals surface area contributed by atoms with Gasteiger partial charge < -0.3 is 9.13 Å². The third kappa shape index (κ3) is 3.49. The second-order valence-electron chi connectivity index (χ2n) is 10.8. The third-order valence-corrected chi connectivity index (χ3v) is 8.59. The SMILES string of the molecule is N#Cc1ccccc1-n1c2c(c3cccc(-c4cccc5c6ccc(F)cc6n(C6C=CC=CC6)c45)c31)C=CCC2. The molecule has 0 fully saturated rings. The van der Waals surface area contributed by atoms with Gasteiger partial charge in [-0.25, -0.2) is 4.39 Å². The normalized spacial score (nSPS) is 16.0. The summed E-state index contributed by atoms with van der Waals surface area (Å²) < 4.78 is 19.3. The molecule has 0 spiro atoms. The zero-order chi connectivity index (χ0) is 27.5. The van der Waals surface area contributed by atoms with Crippen LogP contribution < -0.4 is 0 Å². The molecule has 0 N–H and O–H groups in total. The number of allylic oxidation sites excluding steroid dienone is 5. The first-order valence-electron chi connectivity index (χ1n) is 14.1. The zero-order valence-electron chi connectivity index (χ0n) is 22.4. The number of hydrogen-bond donors (Lipinski definition) is 0. The van der Waals surface area contributed by atoms with E-state index in [0.29, 0.717) is 5.56 Å². The molecule has 1 atom stereocenters. The predicted molar refractivity (Wildman–Crippen MR) is 166 cm³/mol. The van der Waals surface area contributed by atoms with Gasteiger partial charge in [-0.3, -0.25) is 0 Å². The van der Waals surface area contributed by atoms with E-state index in [0.717, 1.165) is 63.4 Å². The summed E-state index contributed by atoms with van der Waals surface area (Å²) in [6.45, 7) is 0. The Bertz CT molecular complexity index is 2160. The molecule has 0 saturated heterocycles. The summed E-state index contributed by atoms with van der Waals surface area (Å²) in [7, 11) is 0. The lowest BCUT2D eigenvalue weighted by molar-refractivity contribution is 0.622. The molecule has 2 aromatic heterocycles. The van der Waals surface area contributed by atoms with Gasteiger partial charge >= 0.3 is 0 Å². The number of halogens is 1. The molecule has 4 aromatic carbocycles. The van der Waals surface area contributed by atoms with Crippen LogP contribution in [0.5, 0.6) is 0 Å². The first-order chi connectivity index (χ1) is 20.2. The molecule has 0 saturated carbocycles. The van der Waals surface area contributed by atoms with Gasteiger partial charge in [0, 0.05) is 38.5 Å². The van der Waals surface area contributed by atoms with Crippen molar-refractivity contribution in [3.05, 3.63) is 132 Å². The second-order valence-corrected chi connectivity index (χ2v) is 10.8. The van der Waals surface area contributed by atoms with E-state index in [1.54, 1.807) is 12.1 Å². The maximum atomic E-state index is 14.7. The summed E-state index contributed by atoms with van der Waals surface area (Å²) in [4.78, 5) is 0. The lowest BCUT2D eigenvalue weighted by atomic mass is 9.97. The predicted octanol–water partition coefficient (Wildman–Crippen LogP) is 9.43. The van der Waals surface area contributed by atoms with Gasteiger partial charge in [0.15, 0.2) is 0 Å². The molecule has 3 nitrogen and oxygen atoms in total. The van der Waals surface area contributed by atoms with Gasteiger partial charge in [-0.1, -0.05) is 85.0 Å². The highest BCUT2D eigenvalue weighted by Crippen LogP contribution is 2.44. The van der Waals surface area contributed by atoms with Crippen LogP contribution in [-0.2, 0) is 6.42 Å². The Morgan fingerprint density at radius 2 is 1.63 bits per heavy atom. The molecule has 6 aromatic rings. The molecule has 4 heteroatoms. The molecule has 0 radical (unpaired) electrons. The Kier molecular flexibility index (Phi) is 5.33. The first-order valence-corrected chi connectivity index (χ1v) is 14.1. The average molecular weight is 532 g/mol. The van der Waals surface area contributed by atoms with E-state index < -0.39 is 0 Å². The summed E-state index contributed by atoms with van der Waals surface area (Å²) >= 11 is 0. The number of para-hydroxylation sites is 3. The monoisotopic (exact) mass is 531 g/mol. The van der Waals surface area contributed by atoms with Crippen molar-refractivity contribution in [1.82, 2.24) is 9.13 Å². The number of aromatic nitrogens is 2. The Hall–Kier alpha value is -5.14. The highest BCUT2D eigenvalue weighted by atomic mass is 19.1. The van der Waals surface area contributed by atoms with Gasteiger partial charge in [-0.2, -0.15) is 5.26 Å². The van der Waals surface area contributed by atoms with Gasteiger partial charge in [0.25, 0.3) is 0 Å². The maximum absolute atomic E-state index is 14.7. The van der Waals surface area contributed by atoms with Crippen molar-refractivity contribution < 1.29 is 4.39 Å². The standard InChI is InChI=1S/C37H26FN3/c38-25-20-21-28-30-15-9-16-31(36(30)40(35(28)22-25)26-11-2-1-3-12-26)32-17-8-14-29-27-13-5-7-19-34(27)41(37(29)32)33-18-6-4-10-24(33)23-39/h1-6,8-11,13-18,20-22,26H,7,12,19H2. The first kappa shape index (κ1) is 23.7. The maximum Gasteiger partial charge on any atom is 0.125 e. The van der Waals surface area contributed by atoms with Crippen molar-refractivity contribution in [2.24, 2.45) is 0 Å². The largest absolute Gasteiger partial charge is 0.333 e. The van der Waals surface area contributed by atoms with Crippen molar-refractivity contribution in [1.29, 1.82) is 5.26 Å². The fraction of sp³-hybridized carbons (Fsp3) is 0.108. The van der Waals surface area contributed by atoms with E-state index >= 15 is 0 Å². The van der Waals surface area contributed by atoms with Crippen LogP contribution in [0.25, 0.3) is 55.6 Å². The van der Waals surface area contributed by atoms with Crippen molar-refractivity contribution in [3.8, 4) is 22.9 Å². The fourth-order valence-corrected chi connectivity index (χ4v) is 6.91. The molecule has 2 aliphatic carbocycles. The summed E-state index contributed by atoms with van der Waals surface area (Å²) in [5.74, 6) is -0.234. The van der Waals surface area contributed by atoms with Gasteiger partial charge in [0.1, 0.15) is 11.9 Å². The highest BCUT2D eigenvalue weighted by molar-refractivity contribution is 6.15. The molecule has 2 heterocycles. The molecule has 1 unspecified atom stereocenters. The molecule has 196 valence electrons. The van der Waals surface area contributed by atoms with Gasteiger partial charge in [-0.05, 0) is 49.6 Å². The molecular weight excluding hydrogens is 505 g/mol. The minimum absolute atomic E-state index is 0.0735. The average Bonchev–Trinajstić information content (AvgIpc) is 3.54. The number of hydrogen-bond acceptors (Lipinski definition) is 1. The quantitative estimate of drug-likeness (QED) is 0.224. The van der Waals surface area contributed by atoms with E-state index in [9.17, 15) is 9.65 Å². The molecule has 0 amide bonds. The van der Waals surface area contributed by atoms with Crippen molar-refractivity contribution >= 4 is 38.8 Å². The van der Waals surface area contributed by atoms with Crippen LogP contribution in [0.4, 0.5) is 4.39 Å². The van der Waals surface area contributed by atoms with Gasteiger partial charge in [0.05, 0.1) is 33.8 Å². The van der Waals surface area contributed by atoms with Crippen LogP contribution in [0.1, 0.15) is 35.7 Å². The number of nitriles is 1. The zero-order valence-corrected chi connectivity index (χ0v) is 22.4. The van der Waals surface area contributed by atoms with E-state index in [4.69, 9.17) is 0 Å². The van der Waals surface area contributed by atoms with Crippen LogP contribution in [0.2, 0.25) is 0 Å². The van der Waals surface area contributed by atoms with Crippen LogP contribution >= 0.6 is 0 Å². The molecular formula is C37H26FN3. The lowest BCUT2D eigenvalue weighted by Crippen LogP contribution is -2.08. The molecule has 2 aliphatic rings. The summed E-state index contributed by atoms with van der Waals surface area (Å²) in [5, 5.41) is 13.4. The van der Waals surface area contributed by atoms with Crippen LogP contribution in [-0.4, -0.2) is 9.13 Å². The van der Waals surface area contributed by atoms with Crippen LogP contribution in [0.3, 0.4) is 0 Å². The summed E-state index contributed by atoms with van der Waals surface area (Å²) in [6.07, 6.45) is 15.7. The van der Waals surface area contributed by atoms with E-state index in [1.807, 2.05) is 30.3 Å². The van der Waals surface area contributed by atoms with Crippen LogP contribution in [0.15, 0.2) is 109 Å². The minimum atomic E-state index is -0.234. The minimum Gasteiger partial charge on any atom is -0.333 e. The van der Waals surface area contributed by atoms with Gasteiger partial charge in [-0.15, -0.1) is 0 Å². The number of nitrogens with zero attached hydrogens (tertiary/aromatic N) is 3. The van der Waals surface area contributed by atoms with Gasteiger partial charge in [0.2, 0.25) is 0 Å².